The smallest absolute Gasteiger partial charge is 0.407 e. The van der Waals surface area contributed by atoms with Gasteiger partial charge in [0.1, 0.15) is 5.60 Å². The van der Waals surface area contributed by atoms with Gasteiger partial charge < -0.3 is 25.0 Å². The fourth-order valence-corrected chi connectivity index (χ4v) is 2.17. The van der Waals surface area contributed by atoms with Crippen LogP contribution in [0.2, 0.25) is 0 Å². The standard InChI is InChI=1S/C19H31N3O4/c1-7-22(5)15-10-8-9-14(11-15)21-17(23)12-16(25-6)13-20-18(24)26-19(2,3)4/h8-11,16H,7,12-13H2,1-6H3,(H,20,24)(H,21,23). The van der Waals surface area contributed by atoms with Crippen LogP contribution >= 0.6 is 0 Å². The average Bonchev–Trinajstić information content (AvgIpc) is 2.56. The minimum atomic E-state index is -0.569. The highest BCUT2D eigenvalue weighted by molar-refractivity contribution is 5.91. The summed E-state index contributed by atoms with van der Waals surface area (Å²) in [6.45, 7) is 8.50. The van der Waals surface area contributed by atoms with Crippen LogP contribution < -0.4 is 15.5 Å². The molecule has 2 amide bonds. The van der Waals surface area contributed by atoms with Crippen LogP contribution in [0.5, 0.6) is 0 Å². The van der Waals surface area contributed by atoms with Crippen LogP contribution in [0.3, 0.4) is 0 Å². The highest BCUT2D eigenvalue weighted by Gasteiger charge is 2.19. The molecule has 0 saturated heterocycles. The second-order valence-corrected chi connectivity index (χ2v) is 7.06. The summed E-state index contributed by atoms with van der Waals surface area (Å²) in [6.07, 6.45) is -0.848. The fourth-order valence-electron chi connectivity index (χ4n) is 2.17. The molecule has 0 radical (unpaired) electrons. The van der Waals surface area contributed by atoms with E-state index in [1.165, 1.54) is 7.11 Å². The minimum absolute atomic E-state index is 0.125. The molecule has 26 heavy (non-hydrogen) atoms. The molecule has 2 N–H and O–H groups in total. The number of benzene rings is 1. The molecule has 146 valence electrons. The van der Waals surface area contributed by atoms with Gasteiger partial charge in [0.15, 0.2) is 0 Å². The van der Waals surface area contributed by atoms with Crippen molar-refractivity contribution in [3.8, 4) is 0 Å². The van der Waals surface area contributed by atoms with Crippen LogP contribution in [0, 0.1) is 0 Å². The van der Waals surface area contributed by atoms with E-state index in [-0.39, 0.29) is 18.9 Å². The molecule has 0 heterocycles. The molecule has 0 aliphatic heterocycles. The Balaban J connectivity index is 2.53. The van der Waals surface area contributed by atoms with E-state index in [4.69, 9.17) is 9.47 Å². The molecule has 7 heteroatoms. The van der Waals surface area contributed by atoms with Gasteiger partial charge in [-0.25, -0.2) is 4.79 Å². The first-order valence-electron chi connectivity index (χ1n) is 8.75. The summed E-state index contributed by atoms with van der Waals surface area (Å²) in [7, 11) is 3.50. The third-order valence-electron chi connectivity index (χ3n) is 3.66. The number of nitrogens with one attached hydrogen (secondary N) is 2. The van der Waals surface area contributed by atoms with E-state index in [0.717, 1.165) is 17.9 Å². The zero-order valence-electron chi connectivity index (χ0n) is 16.6. The molecule has 1 unspecified atom stereocenters. The van der Waals surface area contributed by atoms with Crippen molar-refractivity contribution in [3.63, 3.8) is 0 Å². The number of anilines is 2. The number of alkyl carbamates (subject to hydrolysis) is 1. The third-order valence-corrected chi connectivity index (χ3v) is 3.66. The van der Waals surface area contributed by atoms with E-state index in [9.17, 15) is 9.59 Å². The van der Waals surface area contributed by atoms with Crippen molar-refractivity contribution in [1.29, 1.82) is 0 Å². The van der Waals surface area contributed by atoms with Gasteiger partial charge in [-0.1, -0.05) is 6.07 Å². The van der Waals surface area contributed by atoms with Crippen molar-refractivity contribution < 1.29 is 19.1 Å². The Morgan fingerprint density at radius 2 is 1.96 bits per heavy atom. The van der Waals surface area contributed by atoms with Gasteiger partial charge in [-0.05, 0) is 45.9 Å². The maximum absolute atomic E-state index is 12.3. The number of carbonyl (C=O) groups excluding carboxylic acids is 2. The molecule has 0 saturated carbocycles. The molecule has 0 aliphatic rings. The van der Waals surface area contributed by atoms with Crippen LogP contribution in [0.15, 0.2) is 24.3 Å². The Morgan fingerprint density at radius 1 is 1.27 bits per heavy atom. The Kier molecular flexibility index (Phi) is 8.38. The van der Waals surface area contributed by atoms with Crippen molar-refractivity contribution in [2.75, 3.05) is 37.5 Å². The summed E-state index contributed by atoms with van der Waals surface area (Å²) in [5.41, 5.74) is 1.18. The molecule has 1 atom stereocenters. The fraction of sp³-hybridized carbons (Fsp3) is 0.579. The Labute approximate surface area is 156 Å². The van der Waals surface area contributed by atoms with Crippen molar-refractivity contribution in [1.82, 2.24) is 5.32 Å². The van der Waals surface area contributed by atoms with Crippen molar-refractivity contribution in [3.05, 3.63) is 24.3 Å². The predicted molar refractivity (Wildman–Crippen MR) is 104 cm³/mol. The van der Waals surface area contributed by atoms with E-state index in [2.05, 4.69) is 22.5 Å². The first-order chi connectivity index (χ1) is 12.1. The second kappa shape index (κ2) is 10.0. The summed E-state index contributed by atoms with van der Waals surface area (Å²) in [5, 5.41) is 5.48. The highest BCUT2D eigenvalue weighted by Crippen LogP contribution is 2.18. The van der Waals surface area contributed by atoms with Gasteiger partial charge >= 0.3 is 6.09 Å². The van der Waals surface area contributed by atoms with E-state index in [1.54, 1.807) is 20.8 Å². The zero-order valence-corrected chi connectivity index (χ0v) is 16.6. The van der Waals surface area contributed by atoms with Crippen LogP contribution in [0.1, 0.15) is 34.1 Å². The molecular formula is C19H31N3O4. The van der Waals surface area contributed by atoms with Crippen LogP contribution in [-0.2, 0) is 14.3 Å². The molecule has 0 aromatic heterocycles. The van der Waals surface area contributed by atoms with Gasteiger partial charge in [0.2, 0.25) is 5.91 Å². The van der Waals surface area contributed by atoms with E-state index in [1.807, 2.05) is 31.3 Å². The van der Waals surface area contributed by atoms with E-state index in [0.29, 0.717) is 0 Å². The molecule has 0 bridgehead atoms. The predicted octanol–water partition coefficient (Wildman–Crippen LogP) is 3.01. The maximum Gasteiger partial charge on any atom is 0.407 e. The summed E-state index contributed by atoms with van der Waals surface area (Å²) in [5.74, 6) is -0.181. The topological polar surface area (TPSA) is 79.9 Å². The van der Waals surface area contributed by atoms with Crippen molar-refractivity contribution >= 4 is 23.4 Å². The summed E-state index contributed by atoms with van der Waals surface area (Å²) < 4.78 is 10.4. The van der Waals surface area contributed by atoms with Crippen molar-refractivity contribution in [2.24, 2.45) is 0 Å². The number of hydrogen-bond acceptors (Lipinski definition) is 5. The Hall–Kier alpha value is -2.28. The number of carbonyl (C=O) groups is 2. The number of rotatable bonds is 8. The lowest BCUT2D eigenvalue weighted by molar-refractivity contribution is -0.118. The summed E-state index contributed by atoms with van der Waals surface area (Å²) in [4.78, 5) is 26.0. The monoisotopic (exact) mass is 365 g/mol. The average molecular weight is 365 g/mol. The molecule has 0 spiro atoms. The first-order valence-corrected chi connectivity index (χ1v) is 8.75. The highest BCUT2D eigenvalue weighted by atomic mass is 16.6. The molecule has 1 aromatic rings. The van der Waals surface area contributed by atoms with Crippen LogP contribution in [0.25, 0.3) is 0 Å². The lowest BCUT2D eigenvalue weighted by Gasteiger charge is -2.21. The maximum atomic E-state index is 12.3. The Bertz CT molecular complexity index is 599. The Morgan fingerprint density at radius 3 is 2.54 bits per heavy atom. The SMILES string of the molecule is CCN(C)c1cccc(NC(=O)CC(CNC(=O)OC(C)(C)C)OC)c1. The number of hydrogen-bond donors (Lipinski definition) is 2. The molecule has 1 aromatic carbocycles. The first kappa shape index (κ1) is 21.8. The van der Waals surface area contributed by atoms with E-state index < -0.39 is 17.8 Å². The largest absolute Gasteiger partial charge is 0.444 e. The van der Waals surface area contributed by atoms with Gasteiger partial charge in [0.25, 0.3) is 0 Å². The van der Waals surface area contributed by atoms with Gasteiger partial charge in [0.05, 0.1) is 12.5 Å². The number of nitrogens with zero attached hydrogens (tertiary/aromatic N) is 1. The summed E-state index contributed by atoms with van der Waals surface area (Å²) >= 11 is 0. The van der Waals surface area contributed by atoms with Crippen molar-refractivity contribution in [2.45, 2.75) is 45.8 Å². The van der Waals surface area contributed by atoms with Gasteiger partial charge in [-0.15, -0.1) is 0 Å². The van der Waals surface area contributed by atoms with Gasteiger partial charge in [0, 0.05) is 38.6 Å². The lowest BCUT2D eigenvalue weighted by Crippen LogP contribution is -2.38. The normalized spacial score (nSPS) is 12.2. The second-order valence-electron chi connectivity index (χ2n) is 7.06. The number of amides is 2. The quantitative estimate of drug-likeness (QED) is 0.740. The van der Waals surface area contributed by atoms with E-state index >= 15 is 0 Å². The zero-order chi connectivity index (χ0) is 19.7. The molecule has 7 nitrogen and oxygen atoms in total. The molecule has 0 aliphatic carbocycles. The van der Waals surface area contributed by atoms with Gasteiger partial charge in [-0.3, -0.25) is 4.79 Å². The lowest BCUT2D eigenvalue weighted by atomic mass is 10.2. The number of ether oxygens (including phenoxy) is 2. The third kappa shape index (κ3) is 8.20. The number of methoxy groups -OCH3 is 1. The summed E-state index contributed by atoms with van der Waals surface area (Å²) in [6, 6.07) is 7.64. The minimum Gasteiger partial charge on any atom is -0.444 e. The molecule has 1 rings (SSSR count). The van der Waals surface area contributed by atoms with Gasteiger partial charge in [-0.2, -0.15) is 0 Å². The molecular weight excluding hydrogens is 334 g/mol. The molecule has 0 fully saturated rings. The van der Waals surface area contributed by atoms with Crippen LogP contribution in [-0.4, -0.2) is 51.0 Å². The van der Waals surface area contributed by atoms with Crippen LogP contribution in [0.4, 0.5) is 16.2 Å².